The van der Waals surface area contributed by atoms with Crippen LogP contribution in [-0.2, 0) is 25.9 Å². The molecule has 1 saturated heterocycles. The second kappa shape index (κ2) is 7.21. The van der Waals surface area contributed by atoms with Crippen molar-refractivity contribution in [3.05, 3.63) is 23.8 Å². The maximum absolute atomic E-state index is 12.6. The topological polar surface area (TPSA) is 85.4 Å². The lowest BCUT2D eigenvalue weighted by atomic mass is 10.1. The van der Waals surface area contributed by atoms with E-state index in [1.165, 1.54) is 12.0 Å². The van der Waals surface area contributed by atoms with Crippen LogP contribution in [0.4, 0.5) is 0 Å². The zero-order valence-electron chi connectivity index (χ0n) is 15.2. The minimum absolute atomic E-state index is 0.112. The number of amides is 1. The second-order valence-corrected chi connectivity index (χ2v) is 9.60. The molecule has 1 aromatic carbocycles. The Morgan fingerprint density at radius 3 is 2.40 bits per heavy atom. The zero-order chi connectivity index (χ0) is 18.8. The summed E-state index contributed by atoms with van der Waals surface area (Å²) in [6.07, 6.45) is -0.556. The number of benzene rings is 1. The molecule has 0 spiro atoms. The van der Waals surface area contributed by atoms with Gasteiger partial charge in [0.2, 0.25) is 0 Å². The van der Waals surface area contributed by atoms with Gasteiger partial charge in [0.05, 0.1) is 32.1 Å². The molecule has 1 amide bonds. The predicted octanol–water partition coefficient (Wildman–Crippen LogP) is 1.60. The number of hydrogen-bond acceptors (Lipinski definition) is 6. The van der Waals surface area contributed by atoms with Crippen molar-refractivity contribution in [2.45, 2.75) is 38.2 Å². The van der Waals surface area contributed by atoms with Gasteiger partial charge in [0.15, 0.2) is 15.9 Å². The number of hydrogen-bond donors (Lipinski definition) is 0. The van der Waals surface area contributed by atoms with E-state index in [1.807, 2.05) is 0 Å². The molecule has 0 aliphatic carbocycles. The molecule has 0 unspecified atom stereocenters. The third-order valence-electron chi connectivity index (χ3n) is 4.03. The monoisotopic (exact) mass is 371 g/mol. The van der Waals surface area contributed by atoms with Crippen LogP contribution in [0.15, 0.2) is 18.2 Å². The van der Waals surface area contributed by atoms with Crippen molar-refractivity contribution in [2.75, 3.05) is 26.7 Å². The molecule has 1 aliphatic rings. The van der Waals surface area contributed by atoms with Crippen molar-refractivity contribution in [2.24, 2.45) is 0 Å². The lowest BCUT2D eigenvalue weighted by Crippen LogP contribution is -2.43. The molecular weight excluding hydrogens is 346 g/mol. The standard InChI is InChI=1S/C17H25NO6S/c1-17(2,3)25(20,21)11-18(16(19)15-10-24-15)9-12-6-7-13(22-4)8-14(12)23-5/h6-8,15H,9-11H2,1-5H3/t15-/m1/s1. The van der Waals surface area contributed by atoms with E-state index in [0.717, 1.165) is 0 Å². The van der Waals surface area contributed by atoms with Crippen LogP contribution in [0.3, 0.4) is 0 Å². The van der Waals surface area contributed by atoms with Crippen LogP contribution in [0.5, 0.6) is 11.5 Å². The summed E-state index contributed by atoms with van der Waals surface area (Å²) < 4.78 is 39.7. The van der Waals surface area contributed by atoms with Gasteiger partial charge >= 0.3 is 0 Å². The van der Waals surface area contributed by atoms with Gasteiger partial charge in [0, 0.05) is 11.6 Å². The molecule has 0 saturated carbocycles. The van der Waals surface area contributed by atoms with Gasteiger partial charge in [-0.3, -0.25) is 4.79 Å². The third kappa shape index (κ3) is 4.64. The summed E-state index contributed by atoms with van der Waals surface area (Å²) in [5.41, 5.74) is 0.696. The lowest BCUT2D eigenvalue weighted by Gasteiger charge is -2.27. The van der Waals surface area contributed by atoms with Crippen molar-refractivity contribution in [3.63, 3.8) is 0 Å². The third-order valence-corrected chi connectivity index (χ3v) is 6.55. The van der Waals surface area contributed by atoms with Crippen LogP contribution in [0, 0.1) is 0 Å². The van der Waals surface area contributed by atoms with Crippen molar-refractivity contribution in [3.8, 4) is 11.5 Å². The van der Waals surface area contributed by atoms with E-state index < -0.39 is 20.7 Å². The molecule has 0 radical (unpaired) electrons. The van der Waals surface area contributed by atoms with Crippen LogP contribution in [0.2, 0.25) is 0 Å². The minimum Gasteiger partial charge on any atom is -0.497 e. The number of epoxide rings is 1. The number of methoxy groups -OCH3 is 2. The molecule has 1 atom stereocenters. The van der Waals surface area contributed by atoms with Crippen LogP contribution in [0.1, 0.15) is 26.3 Å². The van der Waals surface area contributed by atoms with Gasteiger partial charge in [-0.15, -0.1) is 0 Å². The largest absolute Gasteiger partial charge is 0.497 e. The van der Waals surface area contributed by atoms with Gasteiger partial charge in [0.25, 0.3) is 5.91 Å². The van der Waals surface area contributed by atoms with E-state index >= 15 is 0 Å². The van der Waals surface area contributed by atoms with Gasteiger partial charge in [-0.05, 0) is 32.9 Å². The molecule has 0 N–H and O–H groups in total. The lowest BCUT2D eigenvalue weighted by molar-refractivity contribution is -0.132. The molecule has 1 aliphatic heterocycles. The molecule has 8 heteroatoms. The highest BCUT2D eigenvalue weighted by molar-refractivity contribution is 7.92. The second-order valence-electron chi connectivity index (χ2n) is 6.89. The summed E-state index contributed by atoms with van der Waals surface area (Å²) in [5.74, 6) is 0.448. The Morgan fingerprint density at radius 2 is 1.92 bits per heavy atom. The van der Waals surface area contributed by atoms with Crippen molar-refractivity contribution in [1.82, 2.24) is 4.90 Å². The van der Waals surface area contributed by atoms with Gasteiger partial charge in [-0.1, -0.05) is 0 Å². The Balaban J connectivity index is 2.30. The molecule has 0 aromatic heterocycles. The Morgan fingerprint density at radius 1 is 1.28 bits per heavy atom. The van der Waals surface area contributed by atoms with Crippen LogP contribution in [0.25, 0.3) is 0 Å². The van der Waals surface area contributed by atoms with Crippen molar-refractivity contribution >= 4 is 15.7 Å². The Kier molecular flexibility index (Phi) is 5.63. The number of nitrogens with zero attached hydrogens (tertiary/aromatic N) is 1. The summed E-state index contributed by atoms with van der Waals surface area (Å²) in [6, 6.07) is 5.20. The first-order valence-corrected chi connectivity index (χ1v) is 9.58. The number of carbonyl (C=O) groups excluding carboxylic acids is 1. The Labute approximate surface area is 148 Å². The molecule has 140 valence electrons. The maximum Gasteiger partial charge on any atom is 0.255 e. The summed E-state index contributed by atoms with van der Waals surface area (Å²) in [6.45, 7) is 5.29. The molecule has 1 aromatic rings. The van der Waals surface area contributed by atoms with E-state index in [9.17, 15) is 13.2 Å². The van der Waals surface area contributed by atoms with E-state index in [-0.39, 0.29) is 18.3 Å². The van der Waals surface area contributed by atoms with E-state index in [4.69, 9.17) is 14.2 Å². The molecular formula is C17H25NO6S. The Hall–Kier alpha value is -1.80. The van der Waals surface area contributed by atoms with Gasteiger partial charge in [-0.25, -0.2) is 8.42 Å². The molecule has 7 nitrogen and oxygen atoms in total. The summed E-state index contributed by atoms with van der Waals surface area (Å²) in [5, 5.41) is 0. The zero-order valence-corrected chi connectivity index (χ0v) is 16.1. The smallest absolute Gasteiger partial charge is 0.255 e. The van der Waals surface area contributed by atoms with E-state index in [2.05, 4.69) is 0 Å². The SMILES string of the molecule is COc1ccc(CN(CS(=O)(=O)C(C)(C)C)C(=O)[C@H]2CO2)c(OC)c1. The average molecular weight is 371 g/mol. The Bertz CT molecular complexity index is 734. The first-order chi connectivity index (χ1) is 11.6. The highest BCUT2D eigenvalue weighted by Gasteiger charge is 2.39. The molecule has 1 fully saturated rings. The van der Waals surface area contributed by atoms with Gasteiger partial charge in [-0.2, -0.15) is 0 Å². The highest BCUT2D eigenvalue weighted by Crippen LogP contribution is 2.28. The van der Waals surface area contributed by atoms with Crippen LogP contribution < -0.4 is 9.47 Å². The fourth-order valence-corrected chi connectivity index (χ4v) is 3.18. The van der Waals surface area contributed by atoms with Gasteiger partial charge < -0.3 is 19.1 Å². The van der Waals surface area contributed by atoms with Crippen molar-refractivity contribution < 1.29 is 27.4 Å². The fraction of sp³-hybridized carbons (Fsp3) is 0.588. The van der Waals surface area contributed by atoms with Gasteiger partial charge in [0.1, 0.15) is 17.4 Å². The van der Waals surface area contributed by atoms with Crippen molar-refractivity contribution in [1.29, 1.82) is 0 Å². The molecule has 25 heavy (non-hydrogen) atoms. The highest BCUT2D eigenvalue weighted by atomic mass is 32.2. The first-order valence-electron chi connectivity index (χ1n) is 7.92. The number of rotatable bonds is 7. The van der Waals surface area contributed by atoms with E-state index in [0.29, 0.717) is 23.7 Å². The molecule has 2 rings (SSSR count). The summed E-state index contributed by atoms with van der Waals surface area (Å²) in [4.78, 5) is 13.8. The summed E-state index contributed by atoms with van der Waals surface area (Å²) >= 11 is 0. The molecule has 1 heterocycles. The van der Waals surface area contributed by atoms with E-state index in [1.54, 1.807) is 46.1 Å². The molecule has 0 bridgehead atoms. The predicted molar refractivity (Wildman–Crippen MR) is 93.4 cm³/mol. The first kappa shape index (κ1) is 19.5. The fourth-order valence-electron chi connectivity index (χ4n) is 2.17. The maximum atomic E-state index is 12.6. The average Bonchev–Trinajstić information content (AvgIpc) is 3.37. The van der Waals surface area contributed by atoms with Crippen LogP contribution in [-0.4, -0.2) is 56.8 Å². The normalized spacial score (nSPS) is 17.1. The van der Waals surface area contributed by atoms with Crippen LogP contribution >= 0.6 is 0 Å². The quantitative estimate of drug-likeness (QED) is 0.677. The number of sulfone groups is 1. The minimum atomic E-state index is -3.52. The number of ether oxygens (including phenoxy) is 3. The number of carbonyl (C=O) groups is 1. The summed E-state index contributed by atoms with van der Waals surface area (Å²) in [7, 11) is -0.456.